The van der Waals surface area contributed by atoms with E-state index in [4.69, 9.17) is 0 Å². The van der Waals surface area contributed by atoms with Crippen molar-refractivity contribution in [3.8, 4) is 0 Å². The number of benzene rings is 1. The van der Waals surface area contributed by atoms with E-state index in [9.17, 15) is 0 Å². The molecule has 1 unspecified atom stereocenters. The average molecular weight is 216 g/mol. The van der Waals surface area contributed by atoms with Crippen LogP contribution in [0.4, 0.5) is 0 Å². The van der Waals surface area contributed by atoms with Crippen LogP contribution in [0, 0.1) is 0 Å². The number of hydrogen-bond donors (Lipinski definition) is 0. The Labute approximate surface area is 93.3 Å². The van der Waals surface area contributed by atoms with Gasteiger partial charge in [0.05, 0.1) is 6.33 Å². The molecule has 0 bridgehead atoms. The maximum Gasteiger partial charge on any atom is 0.0946 e. The fourth-order valence-electron chi connectivity index (χ4n) is 1.99. The second-order valence-electron chi connectivity index (χ2n) is 3.81. The van der Waals surface area contributed by atoms with Crippen molar-refractivity contribution in [2.45, 2.75) is 23.1 Å². The zero-order valence-electron chi connectivity index (χ0n) is 8.34. The number of fused-ring (bicyclic) bond motifs is 1. The van der Waals surface area contributed by atoms with Gasteiger partial charge in [0.25, 0.3) is 0 Å². The number of hydrogen-bond acceptors (Lipinski definition) is 2. The van der Waals surface area contributed by atoms with Gasteiger partial charge in [-0.25, -0.2) is 4.98 Å². The van der Waals surface area contributed by atoms with Crippen LogP contribution in [0.1, 0.15) is 5.56 Å². The molecule has 3 heteroatoms. The monoisotopic (exact) mass is 216 g/mol. The molecular formula is C12H12N2S. The van der Waals surface area contributed by atoms with Gasteiger partial charge in [-0.05, 0) is 18.1 Å². The zero-order chi connectivity index (χ0) is 10.1. The second kappa shape index (κ2) is 3.74. The molecular weight excluding hydrogens is 204 g/mol. The normalized spacial score (nSPS) is 19.1. The summed E-state index contributed by atoms with van der Waals surface area (Å²) < 4.78 is 2.16. The highest BCUT2D eigenvalue weighted by molar-refractivity contribution is 8.00. The Balaban J connectivity index is 1.74. The third-order valence-corrected chi connectivity index (χ3v) is 3.99. The van der Waals surface area contributed by atoms with Gasteiger partial charge >= 0.3 is 0 Å². The van der Waals surface area contributed by atoms with Crippen molar-refractivity contribution in [3.05, 3.63) is 48.5 Å². The number of aromatic nitrogens is 2. The van der Waals surface area contributed by atoms with E-state index in [1.165, 1.54) is 16.9 Å². The molecule has 1 aromatic heterocycles. The zero-order valence-corrected chi connectivity index (χ0v) is 9.15. The van der Waals surface area contributed by atoms with Crippen LogP contribution in [0.3, 0.4) is 0 Å². The van der Waals surface area contributed by atoms with Gasteiger partial charge < -0.3 is 4.57 Å². The first-order valence-electron chi connectivity index (χ1n) is 5.12. The van der Waals surface area contributed by atoms with Gasteiger partial charge in [0.2, 0.25) is 0 Å². The quantitative estimate of drug-likeness (QED) is 0.768. The highest BCUT2D eigenvalue weighted by atomic mass is 32.2. The Hall–Kier alpha value is -1.22. The third kappa shape index (κ3) is 1.79. The lowest BCUT2D eigenvalue weighted by Crippen LogP contribution is -2.10. The topological polar surface area (TPSA) is 17.8 Å². The maximum absolute atomic E-state index is 4.07. The first-order valence-corrected chi connectivity index (χ1v) is 6.00. The molecule has 1 atom stereocenters. The van der Waals surface area contributed by atoms with Gasteiger partial charge in [0.15, 0.2) is 0 Å². The van der Waals surface area contributed by atoms with Gasteiger partial charge in [-0.3, -0.25) is 0 Å². The molecule has 0 saturated carbocycles. The van der Waals surface area contributed by atoms with E-state index < -0.39 is 0 Å². The van der Waals surface area contributed by atoms with Crippen molar-refractivity contribution in [1.82, 2.24) is 9.55 Å². The summed E-state index contributed by atoms with van der Waals surface area (Å²) in [6, 6.07) is 8.69. The van der Waals surface area contributed by atoms with E-state index >= 15 is 0 Å². The predicted octanol–water partition coefficient (Wildman–Crippen LogP) is 2.60. The lowest BCUT2D eigenvalue weighted by molar-refractivity contribution is 0.663. The summed E-state index contributed by atoms with van der Waals surface area (Å²) in [5.41, 5.74) is 1.49. The SMILES string of the molecule is c1ccc2c(c1)CC(Cn1ccnc1)S2. The Morgan fingerprint density at radius 1 is 1.40 bits per heavy atom. The predicted molar refractivity (Wildman–Crippen MR) is 62.0 cm³/mol. The Bertz CT molecular complexity index is 423. The van der Waals surface area contributed by atoms with Crippen LogP contribution >= 0.6 is 11.8 Å². The summed E-state index contributed by atoms with van der Waals surface area (Å²) in [5, 5.41) is 0.664. The Kier molecular flexibility index (Phi) is 2.25. The number of nitrogens with zero attached hydrogens (tertiary/aromatic N) is 2. The summed E-state index contributed by atoms with van der Waals surface area (Å²) in [6.45, 7) is 1.05. The first-order chi connectivity index (χ1) is 7.42. The van der Waals surface area contributed by atoms with Gasteiger partial charge in [0.1, 0.15) is 0 Å². The standard InChI is InChI=1S/C12H12N2S/c1-2-4-12-10(3-1)7-11(15-12)8-14-6-5-13-9-14/h1-6,9,11H,7-8H2. The number of rotatable bonds is 2. The summed E-state index contributed by atoms with van der Waals surface area (Å²) in [4.78, 5) is 5.51. The minimum absolute atomic E-state index is 0.664. The van der Waals surface area contributed by atoms with E-state index in [2.05, 4.69) is 33.8 Å². The lowest BCUT2D eigenvalue weighted by atomic mass is 10.1. The van der Waals surface area contributed by atoms with Crippen LogP contribution in [-0.2, 0) is 13.0 Å². The van der Waals surface area contributed by atoms with Crippen molar-refractivity contribution in [1.29, 1.82) is 0 Å². The van der Waals surface area contributed by atoms with Crippen molar-refractivity contribution < 1.29 is 0 Å². The largest absolute Gasteiger partial charge is 0.336 e. The molecule has 0 spiro atoms. The summed E-state index contributed by atoms with van der Waals surface area (Å²) in [6.07, 6.45) is 6.94. The summed E-state index contributed by atoms with van der Waals surface area (Å²) in [5.74, 6) is 0. The van der Waals surface area contributed by atoms with Gasteiger partial charge in [-0.2, -0.15) is 0 Å². The molecule has 2 heterocycles. The molecule has 0 radical (unpaired) electrons. The molecule has 76 valence electrons. The first kappa shape index (κ1) is 9.04. The smallest absolute Gasteiger partial charge is 0.0946 e. The fourth-order valence-corrected chi connectivity index (χ4v) is 3.31. The second-order valence-corrected chi connectivity index (χ2v) is 5.15. The molecule has 0 N–H and O–H groups in total. The molecule has 1 aromatic carbocycles. The van der Waals surface area contributed by atoms with Crippen LogP contribution in [-0.4, -0.2) is 14.8 Å². The highest BCUT2D eigenvalue weighted by Gasteiger charge is 2.21. The highest BCUT2D eigenvalue weighted by Crippen LogP contribution is 2.37. The van der Waals surface area contributed by atoms with Gasteiger partial charge in [-0.15, -0.1) is 11.8 Å². The summed E-state index contributed by atoms with van der Waals surface area (Å²) >= 11 is 1.99. The molecule has 0 amide bonds. The van der Waals surface area contributed by atoms with Crippen LogP contribution < -0.4 is 0 Å². The average Bonchev–Trinajstić information content (AvgIpc) is 2.86. The molecule has 1 aliphatic rings. The lowest BCUT2D eigenvalue weighted by Gasteiger charge is -2.08. The van der Waals surface area contributed by atoms with Crippen LogP contribution in [0.25, 0.3) is 0 Å². The van der Waals surface area contributed by atoms with Gasteiger partial charge in [-0.1, -0.05) is 18.2 Å². The number of imidazole rings is 1. The van der Waals surface area contributed by atoms with E-state index in [-0.39, 0.29) is 0 Å². The van der Waals surface area contributed by atoms with Crippen molar-refractivity contribution >= 4 is 11.8 Å². The van der Waals surface area contributed by atoms with Crippen LogP contribution in [0.5, 0.6) is 0 Å². The molecule has 2 aromatic rings. The van der Waals surface area contributed by atoms with E-state index in [0.717, 1.165) is 6.54 Å². The molecule has 0 fully saturated rings. The van der Waals surface area contributed by atoms with E-state index in [0.29, 0.717) is 5.25 Å². The Morgan fingerprint density at radius 3 is 3.13 bits per heavy atom. The van der Waals surface area contributed by atoms with Crippen LogP contribution in [0.15, 0.2) is 47.9 Å². The molecule has 2 nitrogen and oxygen atoms in total. The fraction of sp³-hybridized carbons (Fsp3) is 0.250. The van der Waals surface area contributed by atoms with Crippen molar-refractivity contribution in [3.63, 3.8) is 0 Å². The molecule has 15 heavy (non-hydrogen) atoms. The van der Waals surface area contributed by atoms with Crippen molar-refractivity contribution in [2.75, 3.05) is 0 Å². The van der Waals surface area contributed by atoms with Crippen molar-refractivity contribution in [2.24, 2.45) is 0 Å². The Morgan fingerprint density at radius 2 is 2.33 bits per heavy atom. The van der Waals surface area contributed by atoms with Crippen LogP contribution in [0.2, 0.25) is 0 Å². The number of thioether (sulfide) groups is 1. The van der Waals surface area contributed by atoms with Gasteiger partial charge in [0, 0.05) is 29.1 Å². The molecule has 3 rings (SSSR count). The maximum atomic E-state index is 4.07. The molecule has 1 aliphatic heterocycles. The molecule has 0 saturated heterocycles. The third-order valence-electron chi connectivity index (χ3n) is 2.69. The minimum atomic E-state index is 0.664. The van der Waals surface area contributed by atoms with E-state index in [1.807, 2.05) is 30.5 Å². The van der Waals surface area contributed by atoms with E-state index in [1.54, 1.807) is 0 Å². The minimum Gasteiger partial charge on any atom is -0.336 e. The summed E-state index contributed by atoms with van der Waals surface area (Å²) in [7, 11) is 0. The molecule has 0 aliphatic carbocycles.